The van der Waals surface area contributed by atoms with E-state index in [1.807, 2.05) is 47.9 Å². The summed E-state index contributed by atoms with van der Waals surface area (Å²) in [7, 11) is 0. The van der Waals surface area contributed by atoms with Crippen molar-refractivity contribution in [1.29, 1.82) is 0 Å². The van der Waals surface area contributed by atoms with E-state index in [2.05, 4.69) is 11.6 Å². The maximum absolute atomic E-state index is 12.5. The SMILES string of the molecule is C=CCn1c(=NC(=O)c2ccccc2C)sc2cccc(Cl)c21. The highest BCUT2D eigenvalue weighted by Gasteiger charge is 2.11. The van der Waals surface area contributed by atoms with Crippen molar-refractivity contribution in [2.24, 2.45) is 4.99 Å². The Morgan fingerprint density at radius 1 is 1.30 bits per heavy atom. The van der Waals surface area contributed by atoms with E-state index in [9.17, 15) is 4.79 Å². The maximum Gasteiger partial charge on any atom is 0.279 e. The van der Waals surface area contributed by atoms with Crippen LogP contribution in [0, 0.1) is 6.92 Å². The van der Waals surface area contributed by atoms with Crippen LogP contribution in [0.4, 0.5) is 0 Å². The molecule has 3 rings (SSSR count). The van der Waals surface area contributed by atoms with Crippen molar-refractivity contribution in [3.05, 3.63) is 76.1 Å². The number of aryl methyl sites for hydroxylation is 1. The van der Waals surface area contributed by atoms with Crippen molar-refractivity contribution in [2.75, 3.05) is 0 Å². The summed E-state index contributed by atoms with van der Waals surface area (Å²) in [4.78, 5) is 17.5. The monoisotopic (exact) mass is 342 g/mol. The summed E-state index contributed by atoms with van der Waals surface area (Å²) in [6.45, 7) is 6.23. The van der Waals surface area contributed by atoms with Gasteiger partial charge >= 0.3 is 0 Å². The predicted molar refractivity (Wildman–Crippen MR) is 96.1 cm³/mol. The number of hydrogen-bond donors (Lipinski definition) is 0. The Bertz CT molecular complexity index is 969. The standard InChI is InChI=1S/C18H15ClN2OS/c1-3-11-21-16-14(19)9-6-10-15(16)23-18(21)20-17(22)13-8-5-4-7-12(13)2/h3-10H,1,11H2,2H3. The molecule has 116 valence electrons. The molecule has 3 nitrogen and oxygen atoms in total. The lowest BCUT2D eigenvalue weighted by Gasteiger charge is -2.03. The van der Waals surface area contributed by atoms with Crippen molar-refractivity contribution in [3.8, 4) is 0 Å². The molecule has 0 saturated heterocycles. The second-order valence-corrected chi connectivity index (χ2v) is 6.52. The summed E-state index contributed by atoms with van der Waals surface area (Å²) in [5, 5.41) is 0.644. The van der Waals surface area contributed by atoms with Gasteiger partial charge in [-0.05, 0) is 30.7 Å². The molecule has 0 aliphatic rings. The molecule has 3 aromatic rings. The predicted octanol–water partition coefficient (Wildman–Crippen LogP) is 4.59. The van der Waals surface area contributed by atoms with Gasteiger partial charge in [-0.3, -0.25) is 4.79 Å². The molecule has 0 aliphatic carbocycles. The summed E-state index contributed by atoms with van der Waals surface area (Å²) in [6, 6.07) is 13.2. The Balaban J connectivity index is 2.21. The number of carbonyl (C=O) groups is 1. The molecule has 1 aromatic heterocycles. The van der Waals surface area contributed by atoms with Gasteiger partial charge in [0.05, 0.1) is 15.2 Å². The van der Waals surface area contributed by atoms with Crippen LogP contribution in [0.25, 0.3) is 10.2 Å². The number of carbonyl (C=O) groups excluding carboxylic acids is 1. The van der Waals surface area contributed by atoms with Crippen molar-refractivity contribution < 1.29 is 4.79 Å². The quantitative estimate of drug-likeness (QED) is 0.641. The molecule has 0 unspecified atom stereocenters. The van der Waals surface area contributed by atoms with E-state index in [0.717, 1.165) is 15.8 Å². The molecule has 0 saturated carbocycles. The van der Waals surface area contributed by atoms with E-state index >= 15 is 0 Å². The summed E-state index contributed by atoms with van der Waals surface area (Å²) in [5.74, 6) is -0.247. The Labute approximate surface area is 143 Å². The van der Waals surface area contributed by atoms with Crippen LogP contribution in [-0.4, -0.2) is 10.5 Å². The molecule has 0 bridgehead atoms. The van der Waals surface area contributed by atoms with Gasteiger partial charge in [-0.1, -0.05) is 53.3 Å². The minimum atomic E-state index is -0.247. The second kappa shape index (κ2) is 6.52. The molecule has 5 heteroatoms. The summed E-state index contributed by atoms with van der Waals surface area (Å²) in [6.07, 6.45) is 1.77. The first-order valence-electron chi connectivity index (χ1n) is 7.15. The zero-order valence-electron chi connectivity index (χ0n) is 12.6. The molecule has 2 aromatic carbocycles. The third-order valence-electron chi connectivity index (χ3n) is 3.54. The van der Waals surface area contributed by atoms with Crippen molar-refractivity contribution >= 4 is 39.1 Å². The van der Waals surface area contributed by atoms with E-state index in [1.165, 1.54) is 11.3 Å². The number of para-hydroxylation sites is 1. The number of benzene rings is 2. The number of hydrogen-bond acceptors (Lipinski definition) is 2. The molecule has 1 amide bonds. The van der Waals surface area contributed by atoms with E-state index in [-0.39, 0.29) is 5.91 Å². The van der Waals surface area contributed by atoms with Gasteiger partial charge in [0.1, 0.15) is 0 Å². The average molecular weight is 343 g/mol. The minimum Gasteiger partial charge on any atom is -0.311 e. The first-order valence-corrected chi connectivity index (χ1v) is 8.34. The summed E-state index contributed by atoms with van der Waals surface area (Å²) >= 11 is 7.77. The lowest BCUT2D eigenvalue weighted by atomic mass is 10.1. The van der Waals surface area contributed by atoms with Crippen LogP contribution in [-0.2, 0) is 6.54 Å². The van der Waals surface area contributed by atoms with Crippen LogP contribution >= 0.6 is 22.9 Å². The van der Waals surface area contributed by atoms with Crippen LogP contribution in [0.1, 0.15) is 15.9 Å². The molecular formula is C18H15ClN2OS. The molecule has 0 fully saturated rings. The van der Waals surface area contributed by atoms with Crippen molar-refractivity contribution in [1.82, 2.24) is 4.57 Å². The molecular weight excluding hydrogens is 328 g/mol. The molecule has 23 heavy (non-hydrogen) atoms. The molecule has 0 spiro atoms. The van der Waals surface area contributed by atoms with Gasteiger partial charge in [-0.15, -0.1) is 6.58 Å². The second-order valence-electron chi connectivity index (χ2n) is 5.10. The number of rotatable bonds is 3. The van der Waals surface area contributed by atoms with Crippen LogP contribution in [0.3, 0.4) is 0 Å². The van der Waals surface area contributed by atoms with Crippen LogP contribution < -0.4 is 4.80 Å². The van der Waals surface area contributed by atoms with Gasteiger partial charge in [-0.2, -0.15) is 4.99 Å². The number of amides is 1. The highest BCUT2D eigenvalue weighted by molar-refractivity contribution is 7.16. The van der Waals surface area contributed by atoms with E-state index < -0.39 is 0 Å². The average Bonchev–Trinajstić information content (AvgIpc) is 2.87. The van der Waals surface area contributed by atoms with Gasteiger partial charge in [0, 0.05) is 12.1 Å². The zero-order chi connectivity index (χ0) is 16.4. The third-order valence-corrected chi connectivity index (χ3v) is 4.88. The molecule has 0 radical (unpaired) electrons. The number of thiazole rings is 1. The number of nitrogens with zero attached hydrogens (tertiary/aromatic N) is 2. The largest absolute Gasteiger partial charge is 0.311 e. The first kappa shape index (κ1) is 15.7. The Morgan fingerprint density at radius 3 is 2.83 bits per heavy atom. The molecule has 0 atom stereocenters. The van der Waals surface area contributed by atoms with E-state index in [1.54, 1.807) is 12.1 Å². The number of fused-ring (bicyclic) bond motifs is 1. The molecule has 0 N–H and O–H groups in total. The van der Waals surface area contributed by atoms with Gasteiger partial charge in [0.25, 0.3) is 5.91 Å². The number of halogens is 1. The smallest absolute Gasteiger partial charge is 0.279 e. The van der Waals surface area contributed by atoms with E-state index in [0.29, 0.717) is 21.9 Å². The van der Waals surface area contributed by atoms with Crippen LogP contribution in [0.15, 0.2) is 60.1 Å². The van der Waals surface area contributed by atoms with Gasteiger partial charge < -0.3 is 4.57 Å². The fourth-order valence-corrected chi connectivity index (χ4v) is 3.83. The Morgan fingerprint density at radius 2 is 2.09 bits per heavy atom. The first-order chi connectivity index (χ1) is 11.1. The normalized spacial score (nSPS) is 11.8. The van der Waals surface area contributed by atoms with Crippen LogP contribution in [0.5, 0.6) is 0 Å². The highest BCUT2D eigenvalue weighted by atomic mass is 35.5. The minimum absolute atomic E-state index is 0.247. The van der Waals surface area contributed by atoms with Gasteiger partial charge in [0.15, 0.2) is 4.80 Å². The fraction of sp³-hybridized carbons (Fsp3) is 0.111. The van der Waals surface area contributed by atoms with Crippen molar-refractivity contribution in [3.63, 3.8) is 0 Å². The Hall–Kier alpha value is -2.17. The lowest BCUT2D eigenvalue weighted by molar-refractivity contribution is 0.0997. The summed E-state index contributed by atoms with van der Waals surface area (Å²) < 4.78 is 2.92. The van der Waals surface area contributed by atoms with Crippen molar-refractivity contribution in [2.45, 2.75) is 13.5 Å². The van der Waals surface area contributed by atoms with E-state index in [4.69, 9.17) is 11.6 Å². The number of allylic oxidation sites excluding steroid dienone is 1. The van der Waals surface area contributed by atoms with Gasteiger partial charge in [0.2, 0.25) is 0 Å². The topological polar surface area (TPSA) is 34.4 Å². The Kier molecular flexibility index (Phi) is 4.46. The van der Waals surface area contributed by atoms with Gasteiger partial charge in [-0.25, -0.2) is 0 Å². The fourth-order valence-electron chi connectivity index (χ4n) is 2.43. The van der Waals surface area contributed by atoms with Crippen LogP contribution in [0.2, 0.25) is 5.02 Å². The number of aromatic nitrogens is 1. The molecule has 1 heterocycles. The zero-order valence-corrected chi connectivity index (χ0v) is 14.2. The highest BCUT2D eigenvalue weighted by Crippen LogP contribution is 2.25. The molecule has 0 aliphatic heterocycles. The lowest BCUT2D eigenvalue weighted by Crippen LogP contribution is -2.16. The maximum atomic E-state index is 12.5. The summed E-state index contributed by atoms with van der Waals surface area (Å²) in [5.41, 5.74) is 2.41. The third kappa shape index (κ3) is 3.00.